The number of hydrogen-bond acceptors (Lipinski definition) is 3. The summed E-state index contributed by atoms with van der Waals surface area (Å²) in [6.45, 7) is 0.774. The highest BCUT2D eigenvalue weighted by Crippen LogP contribution is 2.31. The van der Waals surface area contributed by atoms with E-state index in [1.54, 1.807) is 6.20 Å². The maximum Gasteiger partial charge on any atom is 0.122 e. The Bertz CT molecular complexity index is 537. The lowest BCUT2D eigenvalue weighted by molar-refractivity contribution is 0.357. The number of benzene rings is 1. The maximum atomic E-state index is 5.90. The molecule has 0 radical (unpaired) electrons. The lowest BCUT2D eigenvalue weighted by atomic mass is 10.0. The van der Waals surface area contributed by atoms with Gasteiger partial charge in [-0.3, -0.25) is 4.98 Å². The van der Waals surface area contributed by atoms with Crippen LogP contribution in [0.1, 0.15) is 5.56 Å². The molecule has 3 heteroatoms. The van der Waals surface area contributed by atoms with E-state index in [0.717, 1.165) is 30.0 Å². The van der Waals surface area contributed by atoms with E-state index >= 15 is 0 Å². The highest BCUT2D eigenvalue weighted by molar-refractivity contribution is 5.73. The smallest absolute Gasteiger partial charge is 0.122 e. The Morgan fingerprint density at radius 2 is 2.19 bits per heavy atom. The van der Waals surface area contributed by atoms with Crippen molar-refractivity contribution in [2.75, 3.05) is 12.3 Å². The first kappa shape index (κ1) is 9.21. The zero-order valence-corrected chi connectivity index (χ0v) is 8.81. The number of aromatic nitrogens is 1. The van der Waals surface area contributed by atoms with Gasteiger partial charge in [-0.1, -0.05) is 0 Å². The van der Waals surface area contributed by atoms with Crippen molar-refractivity contribution in [1.82, 2.24) is 4.98 Å². The van der Waals surface area contributed by atoms with E-state index in [4.69, 9.17) is 10.5 Å². The summed E-state index contributed by atoms with van der Waals surface area (Å²) in [6.07, 6.45) is 2.73. The summed E-state index contributed by atoms with van der Waals surface area (Å²) in [7, 11) is 0. The van der Waals surface area contributed by atoms with Crippen LogP contribution in [0.3, 0.4) is 0 Å². The summed E-state index contributed by atoms with van der Waals surface area (Å²) in [5.74, 6) is 0.984. The van der Waals surface area contributed by atoms with Crippen LogP contribution in [0.2, 0.25) is 0 Å². The number of ether oxygens (including phenoxy) is 1. The highest BCUT2D eigenvalue weighted by Gasteiger charge is 2.13. The second-order valence-corrected chi connectivity index (χ2v) is 3.86. The molecule has 0 saturated carbocycles. The van der Waals surface area contributed by atoms with Gasteiger partial charge in [0.25, 0.3) is 0 Å². The van der Waals surface area contributed by atoms with Crippen molar-refractivity contribution in [2.45, 2.75) is 6.42 Å². The molecule has 2 N–H and O–H groups in total. The van der Waals surface area contributed by atoms with E-state index in [9.17, 15) is 0 Å². The first-order valence-electron chi connectivity index (χ1n) is 5.31. The maximum absolute atomic E-state index is 5.90. The molecule has 1 aromatic heterocycles. The first-order valence-corrected chi connectivity index (χ1v) is 5.31. The van der Waals surface area contributed by atoms with Crippen LogP contribution in [0.25, 0.3) is 11.3 Å². The van der Waals surface area contributed by atoms with Gasteiger partial charge in [0, 0.05) is 18.2 Å². The van der Waals surface area contributed by atoms with E-state index < -0.39 is 0 Å². The lowest BCUT2D eigenvalue weighted by Gasteiger charge is -2.05. The van der Waals surface area contributed by atoms with Crippen molar-refractivity contribution in [1.29, 1.82) is 0 Å². The predicted octanol–water partition coefficient (Wildman–Crippen LogP) is 2.27. The Labute approximate surface area is 93.9 Å². The molecule has 1 aliphatic heterocycles. The number of nitrogens with zero attached hydrogens (tertiary/aromatic N) is 1. The summed E-state index contributed by atoms with van der Waals surface area (Å²) in [4.78, 5) is 4.31. The average Bonchev–Trinajstić information content (AvgIpc) is 2.76. The third-order valence-corrected chi connectivity index (χ3v) is 2.80. The molecule has 0 saturated heterocycles. The fourth-order valence-corrected chi connectivity index (χ4v) is 1.99. The second-order valence-electron chi connectivity index (χ2n) is 3.86. The van der Waals surface area contributed by atoms with E-state index in [-0.39, 0.29) is 0 Å². The third-order valence-electron chi connectivity index (χ3n) is 2.80. The number of nitrogen functional groups attached to an aromatic ring is 1. The fraction of sp³-hybridized carbons (Fsp3) is 0.154. The molecule has 80 valence electrons. The molecule has 0 fully saturated rings. The minimum absolute atomic E-state index is 0.710. The third kappa shape index (κ3) is 1.41. The summed E-state index contributed by atoms with van der Waals surface area (Å²) in [5.41, 5.74) is 9.75. The minimum atomic E-state index is 0.710. The van der Waals surface area contributed by atoms with Crippen LogP contribution in [-0.4, -0.2) is 11.6 Å². The number of fused-ring (bicyclic) bond motifs is 1. The second kappa shape index (κ2) is 3.52. The Kier molecular flexibility index (Phi) is 2.03. The first-order chi connectivity index (χ1) is 7.84. The topological polar surface area (TPSA) is 48.1 Å². The van der Waals surface area contributed by atoms with E-state index in [2.05, 4.69) is 11.1 Å². The van der Waals surface area contributed by atoms with Crippen molar-refractivity contribution >= 4 is 5.69 Å². The largest absolute Gasteiger partial charge is 0.493 e. The van der Waals surface area contributed by atoms with Gasteiger partial charge < -0.3 is 10.5 Å². The molecule has 0 spiro atoms. The van der Waals surface area contributed by atoms with Crippen molar-refractivity contribution in [3.63, 3.8) is 0 Å². The van der Waals surface area contributed by atoms with Gasteiger partial charge in [-0.05, 0) is 35.9 Å². The van der Waals surface area contributed by atoms with Crippen molar-refractivity contribution < 1.29 is 4.74 Å². The molecule has 0 unspecified atom stereocenters. The van der Waals surface area contributed by atoms with Crippen LogP contribution >= 0.6 is 0 Å². The van der Waals surface area contributed by atoms with Gasteiger partial charge in [0.1, 0.15) is 5.75 Å². The standard InChI is InChI=1S/C13H12N2O/c14-11-2-1-6-15-13(11)10-3-4-12-9(8-10)5-7-16-12/h1-4,6,8H,5,7,14H2. The molecule has 0 aliphatic carbocycles. The Balaban J connectivity index is 2.11. The van der Waals surface area contributed by atoms with Crippen molar-refractivity contribution in [3.8, 4) is 17.0 Å². The summed E-state index contributed by atoms with van der Waals surface area (Å²) in [6, 6.07) is 9.82. The van der Waals surface area contributed by atoms with Gasteiger partial charge in [-0.15, -0.1) is 0 Å². The molecule has 0 bridgehead atoms. The molecule has 0 amide bonds. The zero-order chi connectivity index (χ0) is 11.0. The molecule has 16 heavy (non-hydrogen) atoms. The van der Waals surface area contributed by atoms with Crippen LogP contribution < -0.4 is 10.5 Å². The van der Waals surface area contributed by atoms with Gasteiger partial charge in [0.2, 0.25) is 0 Å². The van der Waals surface area contributed by atoms with Crippen molar-refractivity contribution in [3.05, 3.63) is 42.1 Å². The number of hydrogen-bond donors (Lipinski definition) is 1. The van der Waals surface area contributed by atoms with Gasteiger partial charge >= 0.3 is 0 Å². The number of pyridine rings is 1. The summed E-state index contributed by atoms with van der Waals surface area (Å²) >= 11 is 0. The van der Waals surface area contributed by atoms with Crippen LogP contribution in [0.5, 0.6) is 5.75 Å². The molecule has 0 atom stereocenters. The predicted molar refractivity (Wildman–Crippen MR) is 63.3 cm³/mol. The Hall–Kier alpha value is -2.03. The molecular formula is C13H12N2O. The van der Waals surface area contributed by atoms with Crippen molar-refractivity contribution in [2.24, 2.45) is 0 Å². The van der Waals surface area contributed by atoms with Crippen LogP contribution in [-0.2, 0) is 6.42 Å². The summed E-state index contributed by atoms with van der Waals surface area (Å²) < 4.78 is 5.47. The fourth-order valence-electron chi connectivity index (χ4n) is 1.99. The van der Waals surface area contributed by atoms with E-state index in [1.165, 1.54) is 5.56 Å². The lowest BCUT2D eigenvalue weighted by Crippen LogP contribution is -1.92. The van der Waals surface area contributed by atoms with Crippen LogP contribution in [0.4, 0.5) is 5.69 Å². The minimum Gasteiger partial charge on any atom is -0.493 e. The highest BCUT2D eigenvalue weighted by atomic mass is 16.5. The number of anilines is 1. The van der Waals surface area contributed by atoms with E-state index in [1.807, 2.05) is 24.3 Å². The molecule has 2 heterocycles. The number of nitrogens with two attached hydrogens (primary N) is 1. The summed E-state index contributed by atoms with van der Waals surface area (Å²) in [5, 5.41) is 0. The molecule has 3 nitrogen and oxygen atoms in total. The zero-order valence-electron chi connectivity index (χ0n) is 8.81. The number of rotatable bonds is 1. The Morgan fingerprint density at radius 1 is 1.25 bits per heavy atom. The normalized spacial score (nSPS) is 13.2. The molecular weight excluding hydrogens is 200 g/mol. The van der Waals surface area contributed by atoms with Gasteiger partial charge in [0.15, 0.2) is 0 Å². The van der Waals surface area contributed by atoms with Gasteiger partial charge in [-0.25, -0.2) is 0 Å². The molecule has 1 aromatic carbocycles. The quantitative estimate of drug-likeness (QED) is 0.788. The average molecular weight is 212 g/mol. The molecule has 1 aliphatic rings. The van der Waals surface area contributed by atoms with E-state index in [0.29, 0.717) is 5.69 Å². The molecule has 3 rings (SSSR count). The van der Waals surface area contributed by atoms with Gasteiger partial charge in [-0.2, -0.15) is 0 Å². The van der Waals surface area contributed by atoms with Gasteiger partial charge in [0.05, 0.1) is 18.0 Å². The SMILES string of the molecule is Nc1cccnc1-c1ccc2c(c1)CCO2. The Morgan fingerprint density at radius 3 is 3.06 bits per heavy atom. The monoisotopic (exact) mass is 212 g/mol. The van der Waals surface area contributed by atoms with Crippen LogP contribution in [0, 0.1) is 0 Å². The van der Waals surface area contributed by atoms with Crippen LogP contribution in [0.15, 0.2) is 36.5 Å². The molecule has 2 aromatic rings.